The Kier molecular flexibility index (Phi) is 6.57. The predicted octanol–water partition coefficient (Wildman–Crippen LogP) is 3.93. The molecule has 1 saturated heterocycles. The van der Waals surface area contributed by atoms with Gasteiger partial charge >= 0.3 is 0 Å². The number of carbonyl (C=O) groups is 1. The first-order chi connectivity index (χ1) is 15.5. The Balaban J connectivity index is 1.73. The van der Waals surface area contributed by atoms with E-state index < -0.39 is 0 Å². The van der Waals surface area contributed by atoms with Gasteiger partial charge in [-0.15, -0.1) is 0 Å². The molecule has 0 spiro atoms. The average molecular weight is 467 g/mol. The van der Waals surface area contributed by atoms with E-state index in [4.69, 9.17) is 17.0 Å². The summed E-state index contributed by atoms with van der Waals surface area (Å²) < 4.78 is 7.17. The van der Waals surface area contributed by atoms with Crippen molar-refractivity contribution in [1.29, 1.82) is 0 Å². The van der Waals surface area contributed by atoms with Crippen molar-refractivity contribution in [3.63, 3.8) is 0 Å². The molecule has 1 N–H and O–H groups in total. The molecule has 0 atom stereocenters. The highest BCUT2D eigenvalue weighted by Gasteiger charge is 2.31. The largest absolute Gasteiger partial charge is 0.497 e. The van der Waals surface area contributed by atoms with Crippen LogP contribution in [-0.2, 0) is 11.3 Å². The van der Waals surface area contributed by atoms with Crippen molar-refractivity contribution in [3.8, 4) is 5.75 Å². The summed E-state index contributed by atoms with van der Waals surface area (Å²) >= 11 is 6.57. The monoisotopic (exact) mass is 466 g/mol. The minimum atomic E-state index is -0.256. The minimum absolute atomic E-state index is 0.180. The van der Waals surface area contributed by atoms with Crippen molar-refractivity contribution in [3.05, 3.63) is 75.0 Å². The first kappa shape index (κ1) is 22.0. The maximum atomic E-state index is 13.3. The van der Waals surface area contributed by atoms with Crippen LogP contribution >= 0.6 is 24.0 Å². The number of ether oxygens (including phenoxy) is 1. The smallest absolute Gasteiger partial charge is 0.267 e. The number of aromatic nitrogens is 2. The van der Waals surface area contributed by atoms with E-state index in [0.29, 0.717) is 39.3 Å². The second-order valence-corrected chi connectivity index (χ2v) is 8.82. The van der Waals surface area contributed by atoms with Gasteiger partial charge in [0.15, 0.2) is 0 Å². The second-order valence-electron chi connectivity index (χ2n) is 7.14. The first-order valence-electron chi connectivity index (χ1n) is 10.2. The number of hydrogen-bond donors (Lipinski definition) is 1. The van der Waals surface area contributed by atoms with E-state index in [9.17, 15) is 9.59 Å². The Hall–Kier alpha value is -3.17. The van der Waals surface area contributed by atoms with Crippen LogP contribution in [-0.4, -0.2) is 38.2 Å². The molecule has 1 aliphatic rings. The number of nitrogens with one attached hydrogen (secondary N) is 1. The van der Waals surface area contributed by atoms with Crippen LogP contribution in [0, 0.1) is 0 Å². The maximum Gasteiger partial charge on any atom is 0.267 e. The highest BCUT2D eigenvalue weighted by molar-refractivity contribution is 8.26. The van der Waals surface area contributed by atoms with Gasteiger partial charge in [-0.3, -0.25) is 18.9 Å². The fraction of sp³-hybridized carbons (Fsp3) is 0.217. The van der Waals surface area contributed by atoms with E-state index in [1.54, 1.807) is 36.4 Å². The number of carbonyl (C=O) groups excluding carboxylic acids is 1. The molecule has 3 aromatic rings. The molecule has 3 heterocycles. The number of thioether (sulfide) groups is 1. The van der Waals surface area contributed by atoms with E-state index in [1.165, 1.54) is 16.2 Å². The molecule has 2 aromatic heterocycles. The molecule has 1 amide bonds. The SMILES string of the molecule is CCCN1C(=O)C(=Cc2c(NCc3ccc(OC)cc3)nc3ccccn3c2=O)SC1=S. The van der Waals surface area contributed by atoms with Crippen molar-refractivity contribution in [2.75, 3.05) is 19.0 Å². The third-order valence-corrected chi connectivity index (χ3v) is 6.36. The lowest BCUT2D eigenvalue weighted by Gasteiger charge is -2.12. The number of fused-ring (bicyclic) bond motifs is 1. The lowest BCUT2D eigenvalue weighted by molar-refractivity contribution is -0.122. The van der Waals surface area contributed by atoms with Crippen molar-refractivity contribution < 1.29 is 9.53 Å². The highest BCUT2D eigenvalue weighted by atomic mass is 32.2. The number of hydrogen-bond acceptors (Lipinski definition) is 7. The van der Waals surface area contributed by atoms with Crippen LogP contribution in [0.15, 0.2) is 58.4 Å². The van der Waals surface area contributed by atoms with Crippen molar-refractivity contribution in [2.24, 2.45) is 0 Å². The molecule has 0 bridgehead atoms. The molecule has 9 heteroatoms. The van der Waals surface area contributed by atoms with Gasteiger partial charge in [0.2, 0.25) is 0 Å². The molecular weight excluding hydrogens is 444 g/mol. The van der Waals surface area contributed by atoms with Crippen molar-refractivity contribution >= 4 is 51.7 Å². The van der Waals surface area contributed by atoms with Crippen LogP contribution in [0.1, 0.15) is 24.5 Å². The molecule has 0 radical (unpaired) electrons. The molecule has 164 valence electrons. The normalized spacial score (nSPS) is 15.1. The van der Waals surface area contributed by atoms with Crippen molar-refractivity contribution in [2.45, 2.75) is 19.9 Å². The summed E-state index contributed by atoms with van der Waals surface area (Å²) in [6.45, 7) is 3.00. The molecular formula is C23H22N4O3S2. The second kappa shape index (κ2) is 9.54. The van der Waals surface area contributed by atoms with Crippen LogP contribution in [0.25, 0.3) is 11.7 Å². The van der Waals surface area contributed by atoms with Crippen LogP contribution < -0.4 is 15.6 Å². The van der Waals surface area contributed by atoms with Gasteiger partial charge in [-0.25, -0.2) is 4.98 Å². The minimum Gasteiger partial charge on any atom is -0.497 e. The van der Waals surface area contributed by atoms with Crippen LogP contribution in [0.2, 0.25) is 0 Å². The van der Waals surface area contributed by atoms with Gasteiger partial charge in [0.25, 0.3) is 11.5 Å². The third kappa shape index (κ3) is 4.39. The molecule has 1 aromatic carbocycles. The predicted molar refractivity (Wildman–Crippen MR) is 132 cm³/mol. The number of nitrogens with zero attached hydrogens (tertiary/aromatic N) is 3. The fourth-order valence-corrected chi connectivity index (χ4v) is 4.63. The quantitative estimate of drug-likeness (QED) is 0.418. The molecule has 1 fully saturated rings. The number of pyridine rings is 1. The number of thiocarbonyl (C=S) groups is 1. The summed E-state index contributed by atoms with van der Waals surface area (Å²) in [6, 6.07) is 13.0. The summed E-state index contributed by atoms with van der Waals surface area (Å²) in [7, 11) is 1.62. The van der Waals surface area contributed by atoms with Gasteiger partial charge in [0.05, 0.1) is 17.6 Å². The number of benzene rings is 1. The summed E-state index contributed by atoms with van der Waals surface area (Å²) in [5, 5.41) is 3.26. The van der Waals surface area contributed by atoms with Crippen LogP contribution in [0.3, 0.4) is 0 Å². The van der Waals surface area contributed by atoms with Gasteiger partial charge in [-0.2, -0.15) is 0 Å². The van der Waals surface area contributed by atoms with Gasteiger partial charge in [-0.1, -0.05) is 49.1 Å². The van der Waals surface area contributed by atoms with E-state index in [-0.39, 0.29) is 11.5 Å². The zero-order valence-electron chi connectivity index (χ0n) is 17.7. The highest BCUT2D eigenvalue weighted by Crippen LogP contribution is 2.33. The van der Waals surface area contributed by atoms with E-state index >= 15 is 0 Å². The molecule has 0 aliphatic carbocycles. The number of rotatable bonds is 7. The molecule has 4 rings (SSSR count). The molecule has 32 heavy (non-hydrogen) atoms. The molecule has 1 aliphatic heterocycles. The number of anilines is 1. The maximum absolute atomic E-state index is 13.3. The van der Waals surface area contributed by atoms with E-state index in [1.807, 2.05) is 37.3 Å². The lowest BCUT2D eigenvalue weighted by atomic mass is 10.2. The third-order valence-electron chi connectivity index (χ3n) is 4.98. The van der Waals surface area contributed by atoms with Gasteiger partial charge in [-0.05, 0) is 42.3 Å². The van der Waals surface area contributed by atoms with Gasteiger partial charge in [0, 0.05) is 19.3 Å². The summed E-state index contributed by atoms with van der Waals surface area (Å²) in [5.41, 5.74) is 1.58. The average Bonchev–Trinajstić information content (AvgIpc) is 3.08. The fourth-order valence-electron chi connectivity index (χ4n) is 3.34. The zero-order valence-corrected chi connectivity index (χ0v) is 19.3. The number of methoxy groups -OCH3 is 1. The number of amides is 1. The van der Waals surface area contributed by atoms with Crippen LogP contribution in [0.4, 0.5) is 5.82 Å². The van der Waals surface area contributed by atoms with E-state index in [0.717, 1.165) is 17.7 Å². The van der Waals surface area contributed by atoms with Crippen molar-refractivity contribution in [1.82, 2.24) is 14.3 Å². The molecule has 7 nitrogen and oxygen atoms in total. The Morgan fingerprint density at radius 2 is 1.97 bits per heavy atom. The van der Waals surface area contributed by atoms with E-state index in [2.05, 4.69) is 10.3 Å². The first-order valence-corrected chi connectivity index (χ1v) is 11.4. The van der Waals surface area contributed by atoms with Gasteiger partial charge in [0.1, 0.15) is 21.5 Å². The van der Waals surface area contributed by atoms with Gasteiger partial charge < -0.3 is 10.1 Å². The zero-order chi connectivity index (χ0) is 22.7. The van der Waals surface area contributed by atoms with Crippen LogP contribution in [0.5, 0.6) is 5.75 Å². The lowest BCUT2D eigenvalue weighted by Crippen LogP contribution is -2.28. The molecule has 0 unspecified atom stereocenters. The standard InChI is InChI=1S/C23H22N4O3S2/c1-3-11-27-22(29)18(32-23(27)31)13-17-20(24-14-15-7-9-16(30-2)10-8-15)25-19-6-4-5-12-26(19)21(17)28/h4-10,12-13,24H,3,11,14H2,1-2H3. The topological polar surface area (TPSA) is 75.9 Å². The summed E-state index contributed by atoms with van der Waals surface area (Å²) in [5.74, 6) is 1.00. The Bertz CT molecular complexity index is 1270. The molecule has 0 saturated carbocycles. The Labute approximate surface area is 195 Å². The Morgan fingerprint density at radius 3 is 2.69 bits per heavy atom. The summed E-state index contributed by atoms with van der Waals surface area (Å²) in [6.07, 6.45) is 4.06. The summed E-state index contributed by atoms with van der Waals surface area (Å²) in [4.78, 5) is 32.7. The Morgan fingerprint density at radius 1 is 1.19 bits per heavy atom.